The molecule has 10 heteroatoms. The highest BCUT2D eigenvalue weighted by atomic mass is 16.2. The van der Waals surface area contributed by atoms with E-state index in [1.807, 2.05) is 50.5 Å². The highest BCUT2D eigenvalue weighted by Gasteiger charge is 2.33. The normalized spacial score (nSPS) is 12.8. The van der Waals surface area contributed by atoms with Crippen molar-refractivity contribution in [3.05, 3.63) is 96.5 Å². The van der Waals surface area contributed by atoms with E-state index in [4.69, 9.17) is 4.98 Å². The third-order valence-corrected chi connectivity index (χ3v) is 5.91. The highest BCUT2D eigenvalue weighted by molar-refractivity contribution is 6.03. The number of carbonyl (C=O) groups is 2. The van der Waals surface area contributed by atoms with Gasteiger partial charge in [0.25, 0.3) is 0 Å². The van der Waals surface area contributed by atoms with Crippen LogP contribution in [0.15, 0.2) is 79.6 Å². The van der Waals surface area contributed by atoms with Gasteiger partial charge in [-0.25, -0.2) is 14.7 Å². The van der Waals surface area contributed by atoms with E-state index in [1.54, 1.807) is 44.9 Å². The first-order valence-electron chi connectivity index (χ1n) is 11.7. The van der Waals surface area contributed by atoms with Crippen LogP contribution in [0.25, 0.3) is 0 Å². The SMILES string of the molecule is C=CC(=O)Nc1cccc(N2C(=O)N(Cc3ccccc3)Cc3cnc(Nc4cn(C)nc4C)nc32)c1. The predicted octanol–water partition coefficient (Wildman–Crippen LogP) is 4.66. The molecule has 0 unspecified atom stereocenters. The monoisotopic (exact) mass is 494 g/mol. The van der Waals surface area contributed by atoms with Crippen molar-refractivity contribution in [2.45, 2.75) is 20.0 Å². The number of hydrogen-bond donors (Lipinski definition) is 2. The van der Waals surface area contributed by atoms with Crippen molar-refractivity contribution < 1.29 is 9.59 Å². The van der Waals surface area contributed by atoms with Crippen LogP contribution < -0.4 is 15.5 Å². The molecule has 0 spiro atoms. The molecule has 2 aromatic heterocycles. The number of carbonyl (C=O) groups excluding carboxylic acids is 2. The molecule has 1 aliphatic heterocycles. The molecule has 3 heterocycles. The Morgan fingerprint density at radius 1 is 1.16 bits per heavy atom. The van der Waals surface area contributed by atoms with Crippen LogP contribution in [-0.2, 0) is 24.9 Å². The Morgan fingerprint density at radius 2 is 1.97 bits per heavy atom. The molecule has 0 saturated carbocycles. The van der Waals surface area contributed by atoms with Crippen LogP contribution in [0.3, 0.4) is 0 Å². The van der Waals surface area contributed by atoms with E-state index in [0.717, 1.165) is 22.5 Å². The number of hydrogen-bond acceptors (Lipinski definition) is 6. The molecule has 0 bridgehead atoms. The second-order valence-corrected chi connectivity index (χ2v) is 8.67. The third-order valence-electron chi connectivity index (χ3n) is 5.91. The first-order valence-corrected chi connectivity index (χ1v) is 11.7. The number of anilines is 5. The topological polar surface area (TPSA) is 108 Å². The van der Waals surface area contributed by atoms with Gasteiger partial charge in [0.15, 0.2) is 5.82 Å². The van der Waals surface area contributed by atoms with E-state index in [9.17, 15) is 9.59 Å². The Kier molecular flexibility index (Phi) is 6.38. The van der Waals surface area contributed by atoms with Crippen LogP contribution in [0.4, 0.5) is 33.6 Å². The Balaban J connectivity index is 1.55. The van der Waals surface area contributed by atoms with Crippen LogP contribution in [0.1, 0.15) is 16.8 Å². The first-order chi connectivity index (χ1) is 17.9. The lowest BCUT2D eigenvalue weighted by Gasteiger charge is -2.36. The summed E-state index contributed by atoms with van der Waals surface area (Å²) in [6.45, 7) is 6.18. The molecule has 1 aliphatic rings. The Bertz CT molecular complexity index is 1480. The van der Waals surface area contributed by atoms with Gasteiger partial charge in [-0.3, -0.25) is 9.48 Å². The fourth-order valence-electron chi connectivity index (χ4n) is 4.19. The molecule has 186 valence electrons. The van der Waals surface area contributed by atoms with Gasteiger partial charge < -0.3 is 15.5 Å². The minimum Gasteiger partial charge on any atom is -0.322 e. The van der Waals surface area contributed by atoms with Crippen LogP contribution >= 0.6 is 0 Å². The van der Waals surface area contributed by atoms with Crippen molar-refractivity contribution in [1.82, 2.24) is 24.6 Å². The van der Waals surface area contributed by atoms with Gasteiger partial charge in [-0.1, -0.05) is 43.0 Å². The number of urea groups is 1. The minimum absolute atomic E-state index is 0.231. The maximum atomic E-state index is 13.9. The van der Waals surface area contributed by atoms with Crippen molar-refractivity contribution in [3.8, 4) is 0 Å². The standard InChI is InChI=1S/C27H26N8O2/c1-4-24(36)29-21-11-8-12-22(13-21)35-25-20(16-34(27(35)37)15-19-9-6-5-7-10-19)14-28-26(31-25)30-23-17-33(3)32-18(23)2/h4-14,17H,1,15-16H2,2-3H3,(H,29,36)(H,28,30,31). The zero-order valence-corrected chi connectivity index (χ0v) is 20.5. The molecule has 5 rings (SSSR count). The van der Waals surface area contributed by atoms with Crippen LogP contribution in [0, 0.1) is 6.92 Å². The largest absolute Gasteiger partial charge is 0.330 e. The number of aromatic nitrogens is 4. The molecule has 2 N–H and O–H groups in total. The summed E-state index contributed by atoms with van der Waals surface area (Å²) in [7, 11) is 1.84. The molecule has 0 aliphatic carbocycles. The maximum absolute atomic E-state index is 13.9. The summed E-state index contributed by atoms with van der Waals surface area (Å²) >= 11 is 0. The second kappa shape index (κ2) is 9.94. The second-order valence-electron chi connectivity index (χ2n) is 8.67. The summed E-state index contributed by atoms with van der Waals surface area (Å²) in [6.07, 6.45) is 4.77. The van der Waals surface area contributed by atoms with E-state index < -0.39 is 0 Å². The predicted molar refractivity (Wildman–Crippen MR) is 142 cm³/mol. The summed E-state index contributed by atoms with van der Waals surface area (Å²) in [5, 5.41) is 10.3. The zero-order valence-electron chi connectivity index (χ0n) is 20.5. The van der Waals surface area contributed by atoms with Crippen molar-refractivity contribution >= 4 is 40.8 Å². The molecule has 37 heavy (non-hydrogen) atoms. The summed E-state index contributed by atoms with van der Waals surface area (Å²) in [4.78, 5) is 38.3. The third kappa shape index (κ3) is 5.03. The molecule has 2 aromatic carbocycles. The first kappa shape index (κ1) is 23.7. The number of rotatable bonds is 7. The van der Waals surface area contributed by atoms with Gasteiger partial charge in [0, 0.05) is 37.2 Å². The van der Waals surface area contributed by atoms with Gasteiger partial charge in [0.1, 0.15) is 0 Å². The number of amides is 3. The molecular weight excluding hydrogens is 468 g/mol. The van der Waals surface area contributed by atoms with E-state index in [1.165, 1.54) is 6.08 Å². The lowest BCUT2D eigenvalue weighted by Crippen LogP contribution is -2.45. The molecule has 0 radical (unpaired) electrons. The van der Waals surface area contributed by atoms with Crippen LogP contribution in [0.5, 0.6) is 0 Å². The van der Waals surface area contributed by atoms with Crippen molar-refractivity contribution in [1.29, 1.82) is 0 Å². The van der Waals surface area contributed by atoms with Gasteiger partial charge in [-0.2, -0.15) is 10.1 Å². The van der Waals surface area contributed by atoms with Gasteiger partial charge in [-0.15, -0.1) is 0 Å². The van der Waals surface area contributed by atoms with E-state index in [2.05, 4.69) is 27.3 Å². The van der Waals surface area contributed by atoms with E-state index >= 15 is 0 Å². The molecule has 4 aromatic rings. The van der Waals surface area contributed by atoms with E-state index in [0.29, 0.717) is 36.2 Å². The van der Waals surface area contributed by atoms with Gasteiger partial charge >= 0.3 is 6.03 Å². The van der Waals surface area contributed by atoms with Crippen LogP contribution in [0.2, 0.25) is 0 Å². The van der Waals surface area contributed by atoms with Crippen molar-refractivity contribution in [3.63, 3.8) is 0 Å². The Morgan fingerprint density at radius 3 is 2.70 bits per heavy atom. The quantitative estimate of drug-likeness (QED) is 0.362. The molecule has 0 fully saturated rings. The molecular formula is C27H26N8O2. The number of benzene rings is 2. The number of nitrogens with zero attached hydrogens (tertiary/aromatic N) is 6. The lowest BCUT2D eigenvalue weighted by molar-refractivity contribution is -0.111. The van der Waals surface area contributed by atoms with E-state index in [-0.39, 0.29) is 11.9 Å². The lowest BCUT2D eigenvalue weighted by atomic mass is 10.1. The Labute approximate surface area is 214 Å². The van der Waals surface area contributed by atoms with Crippen molar-refractivity contribution in [2.24, 2.45) is 7.05 Å². The van der Waals surface area contributed by atoms with Gasteiger partial charge in [0.2, 0.25) is 11.9 Å². The average molecular weight is 495 g/mol. The summed E-state index contributed by atoms with van der Waals surface area (Å²) in [5.74, 6) is 0.481. The fourth-order valence-corrected chi connectivity index (χ4v) is 4.19. The number of fused-ring (bicyclic) bond motifs is 1. The smallest absolute Gasteiger partial charge is 0.322 e. The molecule has 10 nitrogen and oxygen atoms in total. The highest BCUT2D eigenvalue weighted by Crippen LogP contribution is 2.36. The zero-order chi connectivity index (χ0) is 25.9. The summed E-state index contributed by atoms with van der Waals surface area (Å²) in [5.41, 5.74) is 4.48. The minimum atomic E-state index is -0.339. The van der Waals surface area contributed by atoms with Gasteiger partial charge in [0.05, 0.1) is 23.6 Å². The molecule has 0 saturated heterocycles. The average Bonchev–Trinajstić information content (AvgIpc) is 3.21. The summed E-state index contributed by atoms with van der Waals surface area (Å²) in [6, 6.07) is 16.6. The summed E-state index contributed by atoms with van der Waals surface area (Å²) < 4.78 is 1.70. The maximum Gasteiger partial charge on any atom is 0.330 e. The van der Waals surface area contributed by atoms with Gasteiger partial charge in [-0.05, 0) is 36.8 Å². The fraction of sp³-hybridized carbons (Fsp3) is 0.148. The molecule has 3 amide bonds. The number of aryl methyl sites for hydroxylation is 2. The van der Waals surface area contributed by atoms with Crippen LogP contribution in [-0.4, -0.2) is 36.6 Å². The Hall–Kier alpha value is -4.99. The van der Waals surface area contributed by atoms with Crippen molar-refractivity contribution in [2.75, 3.05) is 15.5 Å². The number of nitrogens with one attached hydrogen (secondary N) is 2. The molecule has 0 atom stereocenters.